The van der Waals surface area contributed by atoms with Crippen LogP contribution in [-0.2, 0) is 0 Å². The minimum atomic E-state index is 0.319. The highest BCUT2D eigenvalue weighted by molar-refractivity contribution is 5.79. The van der Waals surface area contributed by atoms with Crippen LogP contribution in [0.4, 0.5) is 0 Å². The highest BCUT2D eigenvalue weighted by atomic mass is 16.4. The molecule has 20 heavy (non-hydrogen) atoms. The topological polar surface area (TPSA) is 61.8 Å². The van der Waals surface area contributed by atoms with E-state index in [2.05, 4.69) is 24.0 Å². The van der Waals surface area contributed by atoms with Gasteiger partial charge in [0.25, 0.3) is 0 Å². The van der Waals surface area contributed by atoms with Crippen LogP contribution >= 0.6 is 0 Å². The smallest absolute Gasteiger partial charge is 0.140 e. The number of hydrogen-bond donors (Lipinski definition) is 2. The molecular weight excluding hydrogens is 250 g/mol. The van der Waals surface area contributed by atoms with Gasteiger partial charge in [-0.3, -0.25) is 0 Å². The molecule has 3 N–H and O–H groups in total. The van der Waals surface area contributed by atoms with Crippen molar-refractivity contribution in [1.29, 1.82) is 0 Å². The Hall–Kier alpha value is -0.770. The lowest BCUT2D eigenvalue weighted by atomic mass is 10.1. The summed E-state index contributed by atoms with van der Waals surface area (Å²) in [6, 6.07) is 0. The summed E-state index contributed by atoms with van der Waals surface area (Å²) < 4.78 is 0. The fourth-order valence-electron chi connectivity index (χ4n) is 2.34. The Bertz CT molecular complexity index is 232. The van der Waals surface area contributed by atoms with Crippen LogP contribution in [-0.4, -0.2) is 36.1 Å². The lowest BCUT2D eigenvalue weighted by molar-refractivity contribution is 0.309. The average molecular weight is 285 g/mol. The van der Waals surface area contributed by atoms with Gasteiger partial charge in [0.1, 0.15) is 5.84 Å². The van der Waals surface area contributed by atoms with Crippen molar-refractivity contribution < 1.29 is 5.21 Å². The summed E-state index contributed by atoms with van der Waals surface area (Å²) in [5.41, 5.74) is 5.45. The van der Waals surface area contributed by atoms with Crippen LogP contribution in [0.3, 0.4) is 0 Å². The summed E-state index contributed by atoms with van der Waals surface area (Å²) in [6.45, 7) is 4.24. The van der Waals surface area contributed by atoms with E-state index >= 15 is 0 Å². The van der Waals surface area contributed by atoms with E-state index in [0.717, 1.165) is 13.1 Å². The number of amidine groups is 1. The Morgan fingerprint density at radius 2 is 1.40 bits per heavy atom. The second-order valence-electron chi connectivity index (χ2n) is 5.83. The number of rotatable bonds is 14. The van der Waals surface area contributed by atoms with Gasteiger partial charge in [-0.1, -0.05) is 69.9 Å². The van der Waals surface area contributed by atoms with Gasteiger partial charge in [0.05, 0.1) is 0 Å². The highest BCUT2D eigenvalue weighted by Gasteiger charge is 2.00. The molecule has 4 heteroatoms. The maximum absolute atomic E-state index is 8.46. The predicted molar refractivity (Wildman–Crippen MR) is 87.4 cm³/mol. The van der Waals surface area contributed by atoms with Crippen LogP contribution in [0.1, 0.15) is 77.6 Å². The molecule has 0 heterocycles. The van der Waals surface area contributed by atoms with E-state index < -0.39 is 0 Å². The zero-order valence-corrected chi connectivity index (χ0v) is 13.6. The monoisotopic (exact) mass is 285 g/mol. The molecule has 4 nitrogen and oxygen atoms in total. The zero-order chi connectivity index (χ0) is 15.1. The van der Waals surface area contributed by atoms with Crippen LogP contribution in [0, 0.1) is 0 Å². The first kappa shape index (κ1) is 19.2. The van der Waals surface area contributed by atoms with Gasteiger partial charge >= 0.3 is 0 Å². The van der Waals surface area contributed by atoms with Crippen LogP contribution in [0.25, 0.3) is 0 Å². The van der Waals surface area contributed by atoms with Crippen molar-refractivity contribution in [3.8, 4) is 0 Å². The largest absolute Gasteiger partial charge is 0.409 e. The minimum absolute atomic E-state index is 0.319. The molecule has 0 radical (unpaired) electrons. The molecule has 0 bridgehead atoms. The summed E-state index contributed by atoms with van der Waals surface area (Å²) in [4.78, 5) is 2.25. The standard InChI is InChI=1S/C16H35N3O/c1-3-4-5-6-7-8-9-10-11-12-14-19(2)15-13-16(17)18-20/h20H,3-15H2,1-2H3,(H2,17,18). The van der Waals surface area contributed by atoms with Crippen molar-refractivity contribution in [3.63, 3.8) is 0 Å². The van der Waals surface area contributed by atoms with Crippen LogP contribution in [0.2, 0.25) is 0 Å². The molecule has 120 valence electrons. The molecule has 0 atom stereocenters. The van der Waals surface area contributed by atoms with Crippen LogP contribution in [0.5, 0.6) is 0 Å². The fourth-order valence-corrected chi connectivity index (χ4v) is 2.34. The molecule has 0 spiro atoms. The average Bonchev–Trinajstić information content (AvgIpc) is 2.46. The molecule has 0 aromatic heterocycles. The molecule has 0 fully saturated rings. The maximum Gasteiger partial charge on any atom is 0.140 e. The number of hydrogen-bond acceptors (Lipinski definition) is 3. The third-order valence-electron chi connectivity index (χ3n) is 3.77. The van der Waals surface area contributed by atoms with E-state index in [1.165, 1.54) is 64.2 Å². The van der Waals surface area contributed by atoms with E-state index in [-0.39, 0.29) is 0 Å². The summed E-state index contributed by atoms with van der Waals surface area (Å²) in [7, 11) is 2.10. The normalized spacial score (nSPS) is 12.2. The molecule has 0 aliphatic rings. The van der Waals surface area contributed by atoms with E-state index in [1.807, 2.05) is 0 Å². The zero-order valence-electron chi connectivity index (χ0n) is 13.6. The Labute approximate surface area is 125 Å². The van der Waals surface area contributed by atoms with Crippen molar-refractivity contribution >= 4 is 5.84 Å². The molecule has 0 rings (SSSR count). The molecule has 0 aromatic carbocycles. The lowest BCUT2D eigenvalue weighted by Gasteiger charge is -2.15. The van der Waals surface area contributed by atoms with Crippen molar-refractivity contribution in [2.24, 2.45) is 10.9 Å². The Morgan fingerprint density at radius 1 is 0.900 bits per heavy atom. The maximum atomic E-state index is 8.46. The molecule has 0 amide bonds. The fraction of sp³-hybridized carbons (Fsp3) is 0.938. The van der Waals surface area contributed by atoms with Gasteiger partial charge in [-0.25, -0.2) is 0 Å². The first-order valence-electron chi connectivity index (χ1n) is 8.35. The van der Waals surface area contributed by atoms with Crippen LogP contribution in [0.15, 0.2) is 5.16 Å². The number of nitrogens with zero attached hydrogens (tertiary/aromatic N) is 2. The third-order valence-corrected chi connectivity index (χ3v) is 3.77. The van der Waals surface area contributed by atoms with Crippen molar-refractivity contribution in [3.05, 3.63) is 0 Å². The number of nitrogens with two attached hydrogens (primary N) is 1. The quantitative estimate of drug-likeness (QED) is 0.167. The van der Waals surface area contributed by atoms with Gasteiger partial charge in [-0.15, -0.1) is 0 Å². The van der Waals surface area contributed by atoms with Crippen molar-refractivity contribution in [2.75, 3.05) is 20.1 Å². The first-order valence-corrected chi connectivity index (χ1v) is 8.35. The number of oxime groups is 1. The molecule has 0 aromatic rings. The van der Waals surface area contributed by atoms with Gasteiger partial charge in [-0.05, 0) is 20.0 Å². The van der Waals surface area contributed by atoms with Crippen molar-refractivity contribution in [2.45, 2.75) is 77.6 Å². The van der Waals surface area contributed by atoms with Crippen molar-refractivity contribution in [1.82, 2.24) is 4.90 Å². The lowest BCUT2D eigenvalue weighted by Crippen LogP contribution is -2.25. The Morgan fingerprint density at radius 3 is 1.90 bits per heavy atom. The molecule has 0 aliphatic carbocycles. The van der Waals surface area contributed by atoms with Gasteiger partial charge in [0.2, 0.25) is 0 Å². The SMILES string of the molecule is CCCCCCCCCCCCN(C)CCC(N)=NO. The summed E-state index contributed by atoms with van der Waals surface area (Å²) in [6.07, 6.45) is 14.4. The summed E-state index contributed by atoms with van der Waals surface area (Å²) in [5, 5.41) is 11.4. The number of unbranched alkanes of at least 4 members (excludes halogenated alkanes) is 9. The van der Waals surface area contributed by atoms with Gasteiger partial charge < -0.3 is 15.8 Å². The second kappa shape index (κ2) is 14.6. The van der Waals surface area contributed by atoms with E-state index in [0.29, 0.717) is 12.3 Å². The Kier molecular flexibility index (Phi) is 14.1. The van der Waals surface area contributed by atoms with Gasteiger partial charge in [0, 0.05) is 13.0 Å². The predicted octanol–water partition coefficient (Wildman–Crippen LogP) is 3.98. The summed E-state index contributed by atoms with van der Waals surface area (Å²) in [5.74, 6) is 0.319. The minimum Gasteiger partial charge on any atom is -0.409 e. The second-order valence-corrected chi connectivity index (χ2v) is 5.83. The van der Waals surface area contributed by atoms with Gasteiger partial charge in [-0.2, -0.15) is 0 Å². The molecule has 0 saturated heterocycles. The molecule has 0 unspecified atom stereocenters. The molecule has 0 saturated carbocycles. The molecule has 0 aliphatic heterocycles. The van der Waals surface area contributed by atoms with E-state index in [9.17, 15) is 0 Å². The summed E-state index contributed by atoms with van der Waals surface area (Å²) >= 11 is 0. The van der Waals surface area contributed by atoms with E-state index in [1.54, 1.807) is 0 Å². The van der Waals surface area contributed by atoms with Gasteiger partial charge in [0.15, 0.2) is 0 Å². The van der Waals surface area contributed by atoms with E-state index in [4.69, 9.17) is 10.9 Å². The third kappa shape index (κ3) is 13.7. The first-order chi connectivity index (χ1) is 9.70. The van der Waals surface area contributed by atoms with Crippen LogP contribution < -0.4 is 5.73 Å². The highest BCUT2D eigenvalue weighted by Crippen LogP contribution is 2.10. The molecular formula is C16H35N3O. The Balaban J connectivity index is 3.19.